The molecule has 2 aromatic rings. The van der Waals surface area contributed by atoms with E-state index in [9.17, 15) is 4.79 Å². The van der Waals surface area contributed by atoms with E-state index in [4.69, 9.17) is 14.6 Å². The second-order valence-corrected chi connectivity index (χ2v) is 4.45. The van der Waals surface area contributed by atoms with Gasteiger partial charge in [-0.3, -0.25) is 0 Å². The topological polar surface area (TPSA) is 93.6 Å². The molecule has 1 aromatic carbocycles. The second-order valence-electron chi connectivity index (χ2n) is 4.45. The van der Waals surface area contributed by atoms with Crippen molar-refractivity contribution in [3.05, 3.63) is 30.1 Å². The summed E-state index contributed by atoms with van der Waals surface area (Å²) in [7, 11) is 3.22. The smallest absolute Gasteiger partial charge is 0.335 e. The molecule has 1 unspecified atom stereocenters. The Balaban J connectivity index is 2.22. The Morgan fingerprint density at radius 1 is 1.38 bits per heavy atom. The summed E-state index contributed by atoms with van der Waals surface area (Å²) >= 11 is 0. The van der Waals surface area contributed by atoms with Crippen molar-refractivity contribution in [3.8, 4) is 0 Å². The lowest BCUT2D eigenvalue weighted by Crippen LogP contribution is -2.27. The monoisotopic (exact) mass is 291 g/mol. The number of nitrogens with one attached hydrogen (secondary N) is 1. The number of hydrogen-bond donors (Lipinski definition) is 2. The number of aromatic carboxylic acids is 1. The summed E-state index contributed by atoms with van der Waals surface area (Å²) in [6.07, 6.45) is 1.30. The van der Waals surface area contributed by atoms with E-state index in [-0.39, 0.29) is 11.7 Å². The van der Waals surface area contributed by atoms with E-state index >= 15 is 0 Å². The number of carboxylic acid groups (broad SMARTS) is 1. The fourth-order valence-corrected chi connectivity index (χ4v) is 1.94. The Bertz CT molecular complexity index is 633. The molecule has 0 spiro atoms. The number of anilines is 1. The van der Waals surface area contributed by atoms with Gasteiger partial charge in [-0.2, -0.15) is 0 Å². The van der Waals surface area contributed by atoms with Crippen molar-refractivity contribution in [2.45, 2.75) is 6.10 Å². The van der Waals surface area contributed by atoms with Crippen LogP contribution in [0.4, 0.5) is 5.82 Å². The lowest BCUT2D eigenvalue weighted by atomic mass is 10.1. The number of fused-ring (bicyclic) bond motifs is 1. The van der Waals surface area contributed by atoms with Gasteiger partial charge in [-0.25, -0.2) is 14.8 Å². The van der Waals surface area contributed by atoms with Gasteiger partial charge in [0.2, 0.25) is 0 Å². The van der Waals surface area contributed by atoms with Gasteiger partial charge in [-0.15, -0.1) is 0 Å². The summed E-state index contributed by atoms with van der Waals surface area (Å²) in [5, 5.41) is 12.9. The predicted octanol–water partition coefficient (Wildman–Crippen LogP) is 1.40. The number of hydrogen-bond acceptors (Lipinski definition) is 6. The van der Waals surface area contributed by atoms with E-state index < -0.39 is 5.97 Å². The molecule has 0 aliphatic rings. The van der Waals surface area contributed by atoms with Crippen molar-refractivity contribution in [3.63, 3.8) is 0 Å². The Morgan fingerprint density at radius 2 is 2.19 bits per heavy atom. The van der Waals surface area contributed by atoms with Crippen LogP contribution in [0, 0.1) is 0 Å². The first-order valence-electron chi connectivity index (χ1n) is 6.39. The van der Waals surface area contributed by atoms with Crippen LogP contribution in [0.3, 0.4) is 0 Å². The minimum atomic E-state index is -0.982. The van der Waals surface area contributed by atoms with E-state index in [2.05, 4.69) is 15.3 Å². The molecule has 2 N–H and O–H groups in total. The number of carbonyl (C=O) groups is 1. The van der Waals surface area contributed by atoms with Gasteiger partial charge in [0.25, 0.3) is 0 Å². The molecule has 1 atom stereocenters. The highest BCUT2D eigenvalue weighted by Gasteiger charge is 2.10. The van der Waals surface area contributed by atoms with Crippen molar-refractivity contribution >= 4 is 22.7 Å². The van der Waals surface area contributed by atoms with Crippen LogP contribution in [0.25, 0.3) is 10.9 Å². The first kappa shape index (κ1) is 15.1. The minimum absolute atomic E-state index is 0.0988. The summed E-state index contributed by atoms with van der Waals surface area (Å²) in [4.78, 5) is 19.2. The Kier molecular flexibility index (Phi) is 5.02. The molecule has 0 saturated carbocycles. The summed E-state index contributed by atoms with van der Waals surface area (Å²) in [6.45, 7) is 0.993. The van der Waals surface area contributed by atoms with Gasteiger partial charge in [0.05, 0.1) is 23.8 Å². The van der Waals surface area contributed by atoms with Crippen molar-refractivity contribution < 1.29 is 19.4 Å². The van der Waals surface area contributed by atoms with E-state index in [0.717, 1.165) is 5.39 Å². The molecule has 0 fully saturated rings. The number of ether oxygens (including phenoxy) is 2. The fourth-order valence-electron chi connectivity index (χ4n) is 1.94. The average molecular weight is 291 g/mol. The van der Waals surface area contributed by atoms with Crippen LogP contribution in [0.1, 0.15) is 10.4 Å². The SMILES string of the molecule is COCC(CNc1ncnc2cc(C(=O)O)ccc12)OC. The highest BCUT2D eigenvalue weighted by Crippen LogP contribution is 2.20. The second kappa shape index (κ2) is 6.96. The number of methoxy groups -OCH3 is 2. The van der Waals surface area contributed by atoms with Crippen LogP contribution in [-0.4, -0.2) is 54.5 Å². The molecule has 0 amide bonds. The lowest BCUT2D eigenvalue weighted by molar-refractivity contribution is 0.0365. The molecule has 1 aromatic heterocycles. The zero-order valence-corrected chi connectivity index (χ0v) is 11.9. The van der Waals surface area contributed by atoms with Crippen LogP contribution in [0.15, 0.2) is 24.5 Å². The molecule has 21 heavy (non-hydrogen) atoms. The highest BCUT2D eigenvalue weighted by molar-refractivity contribution is 5.96. The largest absolute Gasteiger partial charge is 0.478 e. The van der Waals surface area contributed by atoms with Crippen LogP contribution in [0.5, 0.6) is 0 Å². The molecule has 7 nitrogen and oxygen atoms in total. The third-order valence-electron chi connectivity index (χ3n) is 3.07. The number of aromatic nitrogens is 2. The predicted molar refractivity (Wildman–Crippen MR) is 77.7 cm³/mol. The summed E-state index contributed by atoms with van der Waals surface area (Å²) in [5.74, 6) is -0.348. The minimum Gasteiger partial charge on any atom is -0.478 e. The molecule has 0 bridgehead atoms. The molecule has 0 saturated heterocycles. The number of benzene rings is 1. The lowest BCUT2D eigenvalue weighted by Gasteiger charge is -2.16. The van der Waals surface area contributed by atoms with Gasteiger partial charge in [-0.1, -0.05) is 0 Å². The normalized spacial score (nSPS) is 12.3. The first-order chi connectivity index (χ1) is 10.2. The van der Waals surface area contributed by atoms with Crippen molar-refractivity contribution in [2.75, 3.05) is 32.7 Å². The Labute approximate surface area is 121 Å². The van der Waals surface area contributed by atoms with Crippen LogP contribution >= 0.6 is 0 Å². The Morgan fingerprint density at radius 3 is 2.86 bits per heavy atom. The maximum absolute atomic E-state index is 11.0. The van der Waals surface area contributed by atoms with Crippen LogP contribution in [-0.2, 0) is 9.47 Å². The molecular formula is C14H17N3O4. The van der Waals surface area contributed by atoms with E-state index in [1.165, 1.54) is 18.5 Å². The van der Waals surface area contributed by atoms with Gasteiger partial charge < -0.3 is 19.9 Å². The zero-order chi connectivity index (χ0) is 15.2. The van der Waals surface area contributed by atoms with E-state index in [0.29, 0.717) is 24.5 Å². The molecule has 112 valence electrons. The quantitative estimate of drug-likeness (QED) is 0.796. The third-order valence-corrected chi connectivity index (χ3v) is 3.07. The summed E-state index contributed by atoms with van der Waals surface area (Å²) < 4.78 is 10.3. The van der Waals surface area contributed by atoms with Gasteiger partial charge in [0.1, 0.15) is 12.1 Å². The number of nitrogens with zero attached hydrogens (tertiary/aromatic N) is 2. The molecule has 0 aliphatic carbocycles. The molecule has 0 aliphatic heterocycles. The van der Waals surface area contributed by atoms with Gasteiger partial charge >= 0.3 is 5.97 Å². The van der Waals surface area contributed by atoms with Crippen LogP contribution < -0.4 is 5.32 Å². The molecule has 2 rings (SSSR count). The highest BCUT2D eigenvalue weighted by atomic mass is 16.5. The number of carboxylic acids is 1. The van der Waals surface area contributed by atoms with Crippen molar-refractivity contribution in [1.82, 2.24) is 9.97 Å². The van der Waals surface area contributed by atoms with Crippen LogP contribution in [0.2, 0.25) is 0 Å². The van der Waals surface area contributed by atoms with Gasteiger partial charge in [-0.05, 0) is 18.2 Å². The van der Waals surface area contributed by atoms with E-state index in [1.54, 1.807) is 20.3 Å². The van der Waals surface area contributed by atoms with Crippen molar-refractivity contribution in [1.29, 1.82) is 0 Å². The average Bonchev–Trinajstić information content (AvgIpc) is 2.50. The van der Waals surface area contributed by atoms with Crippen molar-refractivity contribution in [2.24, 2.45) is 0 Å². The summed E-state index contributed by atoms with van der Waals surface area (Å²) in [6, 6.07) is 4.74. The number of rotatable bonds is 7. The fraction of sp³-hybridized carbons (Fsp3) is 0.357. The van der Waals surface area contributed by atoms with Gasteiger partial charge in [0.15, 0.2) is 0 Å². The molecule has 7 heteroatoms. The van der Waals surface area contributed by atoms with E-state index in [1.807, 2.05) is 0 Å². The molecule has 1 heterocycles. The molecular weight excluding hydrogens is 274 g/mol. The van der Waals surface area contributed by atoms with Gasteiger partial charge in [0, 0.05) is 26.2 Å². The maximum atomic E-state index is 11.0. The Hall–Kier alpha value is -2.25. The first-order valence-corrected chi connectivity index (χ1v) is 6.39. The zero-order valence-electron chi connectivity index (χ0n) is 11.9. The third kappa shape index (κ3) is 3.65. The summed E-state index contributed by atoms with van der Waals surface area (Å²) in [5.41, 5.74) is 0.773. The maximum Gasteiger partial charge on any atom is 0.335 e. The molecule has 0 radical (unpaired) electrons. The standard InChI is InChI=1S/C14H17N3O4/c1-20-7-10(21-2)6-15-13-11-4-3-9(14(18)19)5-12(11)16-8-17-13/h3-5,8,10H,6-7H2,1-2H3,(H,18,19)(H,15,16,17).